The van der Waals surface area contributed by atoms with Crippen molar-refractivity contribution in [2.75, 3.05) is 0 Å². The van der Waals surface area contributed by atoms with Crippen LogP contribution in [0.4, 0.5) is 30.7 Å². The lowest BCUT2D eigenvalue weighted by molar-refractivity contribution is -0.687. The lowest BCUT2D eigenvalue weighted by atomic mass is 10.00. The summed E-state index contributed by atoms with van der Waals surface area (Å²) in [7, 11) is 0. The minimum atomic E-state index is -5.02. The van der Waals surface area contributed by atoms with Gasteiger partial charge in [-0.3, -0.25) is 0 Å². The molecule has 0 amide bonds. The number of alkyl halides is 6. The monoisotopic (exact) mass is 518 g/mol. The maximum absolute atomic E-state index is 14.1. The predicted octanol–water partition coefficient (Wildman–Crippen LogP) is 6.20. The van der Waals surface area contributed by atoms with E-state index in [0.717, 1.165) is 6.07 Å². The molecule has 3 heterocycles. The number of aromatic amines is 1. The highest BCUT2D eigenvalue weighted by Gasteiger charge is 2.38. The number of hydrogen-bond donors (Lipinski definition) is 1. The summed E-state index contributed by atoms with van der Waals surface area (Å²) in [4.78, 5) is 7.44. The fourth-order valence-electron chi connectivity index (χ4n) is 3.83. The van der Waals surface area contributed by atoms with Crippen LogP contribution in [0.2, 0.25) is 0 Å². The van der Waals surface area contributed by atoms with Gasteiger partial charge in [0.1, 0.15) is 28.4 Å². The van der Waals surface area contributed by atoms with Crippen LogP contribution in [-0.2, 0) is 18.9 Å². The first-order valence-electron chi connectivity index (χ1n) is 10.7. The number of benzene rings is 2. The van der Waals surface area contributed by atoms with Gasteiger partial charge in [-0.2, -0.15) is 36.0 Å². The lowest BCUT2D eigenvalue weighted by Crippen LogP contribution is -2.33. The quantitative estimate of drug-likeness (QED) is 0.228. The average Bonchev–Trinajstić information content (AvgIpc) is 3.26. The number of imidazole rings is 1. The Bertz CT molecular complexity index is 1590. The number of hydrogen-bond acceptors (Lipinski definition) is 3. The Labute approximate surface area is 204 Å². The molecule has 0 bridgehead atoms. The SMILES string of the molecule is Fc1ccccc1-c1nc2cc[n+](Cc3ccc(-c4ccc(C(F)(F)F)cc4C(F)(F)F)nn3)cc2[nH]1. The first-order chi connectivity index (χ1) is 17.5. The second-order valence-electron chi connectivity index (χ2n) is 8.15. The van der Waals surface area contributed by atoms with Crippen LogP contribution in [0.5, 0.6) is 0 Å². The van der Waals surface area contributed by atoms with Crippen molar-refractivity contribution in [3.63, 3.8) is 0 Å². The van der Waals surface area contributed by atoms with Gasteiger partial charge in [-0.15, -0.1) is 5.10 Å². The number of fused-ring (bicyclic) bond motifs is 1. The Morgan fingerprint density at radius 3 is 2.27 bits per heavy atom. The third kappa shape index (κ3) is 4.99. The summed E-state index contributed by atoms with van der Waals surface area (Å²) < 4.78 is 95.1. The van der Waals surface area contributed by atoms with E-state index in [9.17, 15) is 30.7 Å². The van der Waals surface area contributed by atoms with Crippen LogP contribution in [0.25, 0.3) is 33.7 Å². The molecule has 0 radical (unpaired) electrons. The zero-order valence-corrected chi connectivity index (χ0v) is 18.6. The molecule has 5 aromatic rings. The van der Waals surface area contributed by atoms with Crippen LogP contribution in [0, 0.1) is 5.82 Å². The minimum absolute atomic E-state index is 0.0654. The summed E-state index contributed by atoms with van der Waals surface area (Å²) in [5.41, 5.74) is -1.66. The lowest BCUT2D eigenvalue weighted by Gasteiger charge is -2.15. The molecule has 0 aliphatic heterocycles. The van der Waals surface area contributed by atoms with Gasteiger partial charge in [0.05, 0.1) is 22.4 Å². The van der Waals surface area contributed by atoms with Crippen LogP contribution < -0.4 is 4.57 Å². The molecular formula is C25H15F7N5+. The Hall–Kier alpha value is -4.35. The van der Waals surface area contributed by atoms with Gasteiger partial charge in [-0.05, 0) is 36.4 Å². The van der Waals surface area contributed by atoms with E-state index in [-0.39, 0.29) is 18.3 Å². The van der Waals surface area contributed by atoms with Crippen molar-refractivity contribution < 1.29 is 35.3 Å². The van der Waals surface area contributed by atoms with Gasteiger partial charge in [0.25, 0.3) is 0 Å². The number of halogens is 7. The molecule has 0 saturated heterocycles. The molecule has 12 heteroatoms. The Kier molecular flexibility index (Phi) is 5.89. The summed E-state index contributed by atoms with van der Waals surface area (Å²) in [5, 5.41) is 7.77. The highest BCUT2D eigenvalue weighted by atomic mass is 19.4. The third-order valence-corrected chi connectivity index (χ3v) is 5.60. The number of nitrogens with zero attached hydrogens (tertiary/aromatic N) is 4. The number of nitrogens with one attached hydrogen (secondary N) is 1. The molecule has 0 fully saturated rings. The molecule has 0 spiro atoms. The third-order valence-electron chi connectivity index (χ3n) is 5.60. The summed E-state index contributed by atoms with van der Waals surface area (Å²) in [6.07, 6.45) is -6.54. The van der Waals surface area contributed by atoms with E-state index in [1.165, 1.54) is 18.2 Å². The molecule has 37 heavy (non-hydrogen) atoms. The van der Waals surface area contributed by atoms with Crippen molar-refractivity contribution in [1.29, 1.82) is 0 Å². The highest BCUT2D eigenvalue weighted by Crippen LogP contribution is 2.40. The second-order valence-corrected chi connectivity index (χ2v) is 8.15. The first-order valence-corrected chi connectivity index (χ1v) is 10.7. The standard InChI is InChI=1S/C25H14F7N5/c26-19-4-2-1-3-17(19)23-33-21-9-10-37(13-22(21)34-23)12-15-6-8-20(36-35-15)16-7-5-14(24(27,28)29)11-18(16)25(30,31)32/h1-11,13H,12H2/p+1. The normalized spacial score (nSPS) is 12.3. The number of H-pyrrole nitrogens is 1. The Balaban J connectivity index is 1.41. The topological polar surface area (TPSA) is 58.3 Å². The fourth-order valence-corrected chi connectivity index (χ4v) is 3.83. The largest absolute Gasteiger partial charge is 0.417 e. The molecular weight excluding hydrogens is 503 g/mol. The fraction of sp³-hybridized carbons (Fsp3) is 0.120. The van der Waals surface area contributed by atoms with Gasteiger partial charge in [0, 0.05) is 11.6 Å². The van der Waals surface area contributed by atoms with Gasteiger partial charge < -0.3 is 4.98 Å². The number of rotatable bonds is 4. The summed E-state index contributed by atoms with van der Waals surface area (Å²) in [6.45, 7) is 0.191. The van der Waals surface area contributed by atoms with Crippen LogP contribution in [-0.4, -0.2) is 20.2 Å². The molecule has 0 aliphatic rings. The van der Waals surface area contributed by atoms with E-state index in [1.54, 1.807) is 41.2 Å². The van der Waals surface area contributed by atoms with Crippen molar-refractivity contribution in [2.45, 2.75) is 18.9 Å². The van der Waals surface area contributed by atoms with Crippen molar-refractivity contribution in [3.05, 3.63) is 95.7 Å². The Morgan fingerprint density at radius 2 is 1.59 bits per heavy atom. The molecule has 0 unspecified atom stereocenters. The van der Waals surface area contributed by atoms with Crippen LogP contribution in [0.3, 0.4) is 0 Å². The molecule has 0 saturated carbocycles. The van der Waals surface area contributed by atoms with Gasteiger partial charge in [-0.1, -0.05) is 18.2 Å². The van der Waals surface area contributed by atoms with E-state index < -0.39 is 34.9 Å². The maximum atomic E-state index is 14.1. The van der Waals surface area contributed by atoms with Crippen molar-refractivity contribution in [2.24, 2.45) is 0 Å². The van der Waals surface area contributed by atoms with Gasteiger partial charge >= 0.3 is 12.4 Å². The van der Waals surface area contributed by atoms with Gasteiger partial charge in [-0.25, -0.2) is 9.37 Å². The minimum Gasteiger partial charge on any atom is -0.333 e. The van der Waals surface area contributed by atoms with Gasteiger partial charge in [0.2, 0.25) is 0 Å². The zero-order valence-electron chi connectivity index (χ0n) is 18.6. The Morgan fingerprint density at radius 1 is 0.811 bits per heavy atom. The van der Waals surface area contributed by atoms with Crippen molar-refractivity contribution >= 4 is 11.0 Å². The van der Waals surface area contributed by atoms with Crippen LogP contribution in [0.1, 0.15) is 16.8 Å². The highest BCUT2D eigenvalue weighted by molar-refractivity contribution is 5.77. The smallest absolute Gasteiger partial charge is 0.333 e. The molecule has 0 atom stereocenters. The summed E-state index contributed by atoms with van der Waals surface area (Å²) in [6, 6.07) is 12.0. The molecule has 188 valence electrons. The van der Waals surface area contributed by atoms with E-state index >= 15 is 0 Å². The van der Waals surface area contributed by atoms with Crippen molar-refractivity contribution in [1.82, 2.24) is 20.2 Å². The van der Waals surface area contributed by atoms with E-state index in [0.29, 0.717) is 34.2 Å². The van der Waals surface area contributed by atoms with E-state index in [4.69, 9.17) is 0 Å². The summed E-state index contributed by atoms with van der Waals surface area (Å²) >= 11 is 0. The average molecular weight is 518 g/mol. The second kappa shape index (κ2) is 8.95. The molecule has 2 aromatic carbocycles. The first kappa shape index (κ1) is 24.3. The van der Waals surface area contributed by atoms with E-state index in [1.807, 2.05) is 0 Å². The predicted molar refractivity (Wildman–Crippen MR) is 118 cm³/mol. The van der Waals surface area contributed by atoms with Crippen molar-refractivity contribution in [3.8, 4) is 22.6 Å². The number of pyridine rings is 1. The molecule has 1 N–H and O–H groups in total. The van der Waals surface area contributed by atoms with Crippen LogP contribution in [0.15, 0.2) is 73.1 Å². The molecule has 3 aromatic heterocycles. The maximum Gasteiger partial charge on any atom is 0.417 e. The van der Waals surface area contributed by atoms with Gasteiger partial charge in [0.15, 0.2) is 18.9 Å². The zero-order chi connectivity index (χ0) is 26.4. The molecule has 5 nitrogen and oxygen atoms in total. The molecule has 0 aliphatic carbocycles. The summed E-state index contributed by atoms with van der Waals surface area (Å²) in [5.74, 6) is -0.0708. The number of aromatic nitrogens is 5. The molecule has 5 rings (SSSR count). The van der Waals surface area contributed by atoms with E-state index in [2.05, 4.69) is 20.2 Å². The van der Waals surface area contributed by atoms with Crippen LogP contribution >= 0.6 is 0 Å².